The fraction of sp³-hybridized carbons (Fsp3) is 0.500. The monoisotopic (exact) mass is 272 g/mol. The molecule has 0 saturated carbocycles. The van der Waals surface area contributed by atoms with Crippen LogP contribution in [-0.4, -0.2) is 11.1 Å². The molecule has 1 rings (SSSR count). The molecule has 0 amide bonds. The Hall–Kier alpha value is 0.0500. The summed E-state index contributed by atoms with van der Waals surface area (Å²) in [7, 11) is 0. The standard InChI is InChI=1S/C12H17BrS/c1-2-11(10-13)8-9-14-12-6-4-3-5-7-12/h3-7,11H,2,8-10H2,1H3. The molecule has 0 radical (unpaired) electrons. The van der Waals surface area contributed by atoms with Crippen LogP contribution in [0.1, 0.15) is 19.8 Å². The molecule has 0 spiro atoms. The molecule has 0 heterocycles. The molecule has 0 fully saturated rings. The fourth-order valence-electron chi connectivity index (χ4n) is 1.25. The van der Waals surface area contributed by atoms with E-state index in [1.807, 2.05) is 11.8 Å². The van der Waals surface area contributed by atoms with Crippen LogP contribution in [-0.2, 0) is 0 Å². The van der Waals surface area contributed by atoms with Crippen molar-refractivity contribution in [3.8, 4) is 0 Å². The molecule has 0 aromatic heterocycles. The van der Waals surface area contributed by atoms with Crippen LogP contribution in [0.15, 0.2) is 35.2 Å². The van der Waals surface area contributed by atoms with Gasteiger partial charge < -0.3 is 0 Å². The summed E-state index contributed by atoms with van der Waals surface area (Å²) in [5.74, 6) is 2.07. The van der Waals surface area contributed by atoms with Gasteiger partial charge in [-0.15, -0.1) is 11.8 Å². The van der Waals surface area contributed by atoms with Gasteiger partial charge in [-0.2, -0.15) is 0 Å². The minimum absolute atomic E-state index is 0.839. The predicted octanol–water partition coefficient (Wildman–Crippen LogP) is 4.59. The first-order valence-electron chi connectivity index (χ1n) is 5.10. The lowest BCUT2D eigenvalue weighted by Gasteiger charge is -2.10. The summed E-state index contributed by atoms with van der Waals surface area (Å²) in [5.41, 5.74) is 0. The van der Waals surface area contributed by atoms with Crippen molar-refractivity contribution >= 4 is 27.7 Å². The molecule has 1 unspecified atom stereocenters. The Morgan fingerprint density at radius 2 is 2.00 bits per heavy atom. The van der Waals surface area contributed by atoms with Crippen LogP contribution in [0.3, 0.4) is 0 Å². The lowest BCUT2D eigenvalue weighted by molar-refractivity contribution is 0.562. The van der Waals surface area contributed by atoms with Gasteiger partial charge in [-0.3, -0.25) is 0 Å². The summed E-state index contributed by atoms with van der Waals surface area (Å²) in [5, 5.41) is 1.14. The molecular formula is C12H17BrS. The molecule has 0 nitrogen and oxygen atoms in total. The zero-order valence-corrected chi connectivity index (χ0v) is 11.0. The first kappa shape index (κ1) is 12.1. The van der Waals surface area contributed by atoms with Crippen molar-refractivity contribution in [1.29, 1.82) is 0 Å². The quantitative estimate of drug-likeness (QED) is 0.539. The predicted molar refractivity (Wildman–Crippen MR) is 69.4 cm³/mol. The lowest BCUT2D eigenvalue weighted by Crippen LogP contribution is -2.01. The Balaban J connectivity index is 2.21. The second-order valence-electron chi connectivity index (χ2n) is 3.38. The Morgan fingerprint density at radius 1 is 1.29 bits per heavy atom. The molecule has 1 atom stereocenters. The maximum absolute atomic E-state index is 3.55. The third-order valence-electron chi connectivity index (χ3n) is 2.33. The van der Waals surface area contributed by atoms with Gasteiger partial charge in [0.25, 0.3) is 0 Å². The van der Waals surface area contributed by atoms with Gasteiger partial charge in [0.2, 0.25) is 0 Å². The second-order valence-corrected chi connectivity index (χ2v) is 5.19. The van der Waals surface area contributed by atoms with E-state index in [-0.39, 0.29) is 0 Å². The van der Waals surface area contributed by atoms with E-state index >= 15 is 0 Å². The summed E-state index contributed by atoms with van der Waals surface area (Å²) in [6, 6.07) is 10.6. The van der Waals surface area contributed by atoms with Crippen LogP contribution in [0.2, 0.25) is 0 Å². The zero-order valence-electron chi connectivity index (χ0n) is 8.58. The van der Waals surface area contributed by atoms with Gasteiger partial charge in [0, 0.05) is 10.2 Å². The van der Waals surface area contributed by atoms with Crippen molar-refractivity contribution in [1.82, 2.24) is 0 Å². The van der Waals surface area contributed by atoms with E-state index in [4.69, 9.17) is 0 Å². The summed E-state index contributed by atoms with van der Waals surface area (Å²) < 4.78 is 0. The second kappa shape index (κ2) is 7.36. The SMILES string of the molecule is CCC(CBr)CCSc1ccccc1. The molecule has 0 bridgehead atoms. The minimum atomic E-state index is 0.839. The molecule has 0 saturated heterocycles. The maximum Gasteiger partial charge on any atom is 0.00719 e. The maximum atomic E-state index is 3.55. The van der Waals surface area contributed by atoms with Crippen LogP contribution in [0.25, 0.3) is 0 Å². The van der Waals surface area contributed by atoms with Gasteiger partial charge in [0.05, 0.1) is 0 Å². The number of halogens is 1. The van der Waals surface area contributed by atoms with Crippen LogP contribution in [0, 0.1) is 5.92 Å². The van der Waals surface area contributed by atoms with Crippen molar-refractivity contribution in [2.75, 3.05) is 11.1 Å². The molecule has 1 aromatic carbocycles. The Kier molecular flexibility index (Phi) is 6.37. The lowest BCUT2D eigenvalue weighted by atomic mass is 10.1. The van der Waals surface area contributed by atoms with Crippen LogP contribution >= 0.6 is 27.7 Å². The highest BCUT2D eigenvalue weighted by atomic mass is 79.9. The molecule has 0 aliphatic rings. The van der Waals surface area contributed by atoms with E-state index in [1.165, 1.54) is 23.5 Å². The largest absolute Gasteiger partial charge is 0.126 e. The van der Waals surface area contributed by atoms with Gasteiger partial charge in [0.1, 0.15) is 0 Å². The highest BCUT2D eigenvalue weighted by Gasteiger charge is 2.03. The van der Waals surface area contributed by atoms with Crippen molar-refractivity contribution in [2.24, 2.45) is 5.92 Å². The van der Waals surface area contributed by atoms with E-state index < -0.39 is 0 Å². The number of rotatable bonds is 6. The molecule has 0 N–H and O–H groups in total. The summed E-state index contributed by atoms with van der Waals surface area (Å²) in [6.07, 6.45) is 2.59. The number of hydrogen-bond acceptors (Lipinski definition) is 1. The first-order chi connectivity index (χ1) is 6.86. The summed E-state index contributed by atoms with van der Waals surface area (Å²) >= 11 is 5.51. The summed E-state index contributed by atoms with van der Waals surface area (Å²) in [4.78, 5) is 1.39. The number of hydrogen-bond donors (Lipinski definition) is 0. The Bertz CT molecular complexity index is 231. The van der Waals surface area contributed by atoms with Gasteiger partial charge in [-0.1, -0.05) is 47.5 Å². The van der Waals surface area contributed by atoms with Crippen molar-refractivity contribution < 1.29 is 0 Å². The van der Waals surface area contributed by atoms with Crippen LogP contribution < -0.4 is 0 Å². The van der Waals surface area contributed by atoms with Crippen LogP contribution in [0.5, 0.6) is 0 Å². The van der Waals surface area contributed by atoms with Crippen molar-refractivity contribution in [3.05, 3.63) is 30.3 Å². The molecule has 0 aliphatic carbocycles. The van der Waals surface area contributed by atoms with Crippen molar-refractivity contribution in [2.45, 2.75) is 24.7 Å². The molecule has 78 valence electrons. The third-order valence-corrected chi connectivity index (χ3v) is 4.29. The van der Waals surface area contributed by atoms with E-state index in [1.54, 1.807) is 0 Å². The van der Waals surface area contributed by atoms with Crippen molar-refractivity contribution in [3.63, 3.8) is 0 Å². The third kappa shape index (κ3) is 4.52. The topological polar surface area (TPSA) is 0 Å². The molecule has 0 aliphatic heterocycles. The highest BCUT2D eigenvalue weighted by Crippen LogP contribution is 2.21. The van der Waals surface area contributed by atoms with E-state index in [9.17, 15) is 0 Å². The highest BCUT2D eigenvalue weighted by molar-refractivity contribution is 9.09. The van der Waals surface area contributed by atoms with Gasteiger partial charge >= 0.3 is 0 Å². The smallest absolute Gasteiger partial charge is 0.00719 e. The van der Waals surface area contributed by atoms with Gasteiger partial charge in [-0.05, 0) is 30.2 Å². The first-order valence-corrected chi connectivity index (χ1v) is 7.21. The summed E-state index contributed by atoms with van der Waals surface area (Å²) in [6.45, 7) is 2.26. The Morgan fingerprint density at radius 3 is 2.57 bits per heavy atom. The molecule has 1 aromatic rings. The normalized spacial score (nSPS) is 12.7. The van der Waals surface area contributed by atoms with Gasteiger partial charge in [0.15, 0.2) is 0 Å². The molecule has 14 heavy (non-hydrogen) atoms. The van der Waals surface area contributed by atoms with E-state index in [2.05, 4.69) is 53.2 Å². The Labute approximate surface area is 99.6 Å². The van der Waals surface area contributed by atoms with E-state index in [0.29, 0.717) is 0 Å². The number of thioether (sulfide) groups is 1. The van der Waals surface area contributed by atoms with Crippen LogP contribution in [0.4, 0.5) is 0 Å². The zero-order chi connectivity index (χ0) is 10.2. The number of alkyl halides is 1. The number of benzene rings is 1. The molecule has 2 heteroatoms. The fourth-order valence-corrected chi connectivity index (χ4v) is 3.07. The molecular weight excluding hydrogens is 256 g/mol. The van der Waals surface area contributed by atoms with Gasteiger partial charge in [-0.25, -0.2) is 0 Å². The van der Waals surface area contributed by atoms with E-state index in [0.717, 1.165) is 11.2 Å². The average molecular weight is 273 g/mol. The average Bonchev–Trinajstić information content (AvgIpc) is 2.26. The minimum Gasteiger partial charge on any atom is -0.126 e.